The van der Waals surface area contributed by atoms with E-state index in [1.165, 1.54) is 5.56 Å². The van der Waals surface area contributed by atoms with Crippen molar-refractivity contribution in [1.82, 2.24) is 9.88 Å². The molecule has 3 nitrogen and oxygen atoms in total. The molecule has 2 rings (SSSR count). The van der Waals surface area contributed by atoms with E-state index in [-0.39, 0.29) is 5.43 Å². The van der Waals surface area contributed by atoms with Gasteiger partial charge in [-0.3, -0.25) is 4.79 Å². The van der Waals surface area contributed by atoms with Crippen LogP contribution >= 0.6 is 0 Å². The Kier molecular flexibility index (Phi) is 5.56. The van der Waals surface area contributed by atoms with Crippen LogP contribution in [0.15, 0.2) is 41.3 Å². The number of rotatable bonds is 6. The average molecular weight is 298 g/mol. The summed E-state index contributed by atoms with van der Waals surface area (Å²) >= 11 is 0. The van der Waals surface area contributed by atoms with Gasteiger partial charge in [-0.05, 0) is 43.5 Å². The van der Waals surface area contributed by atoms with E-state index in [1.807, 2.05) is 13.1 Å². The first-order chi connectivity index (χ1) is 10.5. The first-order valence-corrected chi connectivity index (χ1v) is 8.03. The maximum absolute atomic E-state index is 12.1. The lowest BCUT2D eigenvalue weighted by atomic mass is 10.1. The monoisotopic (exact) mass is 298 g/mol. The van der Waals surface area contributed by atoms with E-state index in [9.17, 15) is 4.79 Å². The fraction of sp³-hybridized carbons (Fsp3) is 0.421. The Morgan fingerprint density at radius 1 is 1.18 bits per heavy atom. The molecule has 0 fully saturated rings. The molecule has 1 heterocycles. The smallest absolute Gasteiger partial charge is 0.186 e. The first kappa shape index (κ1) is 16.5. The SMILES string of the molecule is CCc1ccc(-n2cc(CNCC(C)C)c(=O)cc2C)cc1. The van der Waals surface area contributed by atoms with Crippen molar-refractivity contribution in [3.63, 3.8) is 0 Å². The minimum atomic E-state index is 0.107. The fourth-order valence-corrected chi connectivity index (χ4v) is 2.47. The van der Waals surface area contributed by atoms with E-state index in [2.05, 4.69) is 54.9 Å². The van der Waals surface area contributed by atoms with Crippen LogP contribution in [0.1, 0.15) is 37.6 Å². The van der Waals surface area contributed by atoms with Crippen molar-refractivity contribution < 1.29 is 0 Å². The molecule has 0 bridgehead atoms. The van der Waals surface area contributed by atoms with Crippen molar-refractivity contribution in [1.29, 1.82) is 0 Å². The molecular weight excluding hydrogens is 272 g/mol. The van der Waals surface area contributed by atoms with Crippen molar-refractivity contribution in [3.05, 3.63) is 63.6 Å². The molecule has 0 spiro atoms. The first-order valence-electron chi connectivity index (χ1n) is 8.03. The van der Waals surface area contributed by atoms with Gasteiger partial charge in [0.1, 0.15) is 0 Å². The lowest BCUT2D eigenvalue weighted by Crippen LogP contribution is -2.24. The molecule has 22 heavy (non-hydrogen) atoms. The Balaban J connectivity index is 2.28. The zero-order valence-electron chi connectivity index (χ0n) is 14.0. The van der Waals surface area contributed by atoms with Crippen molar-refractivity contribution >= 4 is 0 Å². The standard InChI is InChI=1S/C19H26N2O/c1-5-16-6-8-18(9-7-16)21-13-17(12-20-11-14(2)3)19(22)10-15(21)4/h6-10,13-14,20H,5,11-12H2,1-4H3. The second-order valence-corrected chi connectivity index (χ2v) is 6.22. The van der Waals surface area contributed by atoms with E-state index in [0.29, 0.717) is 12.5 Å². The van der Waals surface area contributed by atoms with Gasteiger partial charge in [-0.1, -0.05) is 32.9 Å². The van der Waals surface area contributed by atoms with Crippen LogP contribution in [0.5, 0.6) is 0 Å². The molecule has 0 saturated heterocycles. The third-order valence-corrected chi connectivity index (χ3v) is 3.81. The molecule has 1 aromatic heterocycles. The van der Waals surface area contributed by atoms with Crippen molar-refractivity contribution in [2.75, 3.05) is 6.54 Å². The molecule has 0 amide bonds. The van der Waals surface area contributed by atoms with Crippen molar-refractivity contribution in [2.24, 2.45) is 5.92 Å². The Hall–Kier alpha value is -1.87. The molecule has 0 aliphatic rings. The Labute approximate surface area is 133 Å². The van der Waals surface area contributed by atoms with Gasteiger partial charge in [0.15, 0.2) is 5.43 Å². The predicted octanol–water partition coefficient (Wildman–Crippen LogP) is 3.45. The Bertz CT molecular complexity index is 669. The summed E-state index contributed by atoms with van der Waals surface area (Å²) in [5.41, 5.74) is 4.30. The van der Waals surface area contributed by atoms with E-state index in [4.69, 9.17) is 0 Å². The summed E-state index contributed by atoms with van der Waals surface area (Å²) in [4.78, 5) is 12.1. The van der Waals surface area contributed by atoms with Gasteiger partial charge in [-0.2, -0.15) is 0 Å². The number of pyridine rings is 1. The van der Waals surface area contributed by atoms with Gasteiger partial charge in [0.05, 0.1) is 0 Å². The van der Waals surface area contributed by atoms with Gasteiger partial charge >= 0.3 is 0 Å². The molecule has 0 saturated carbocycles. The molecule has 0 atom stereocenters. The zero-order chi connectivity index (χ0) is 16.1. The van der Waals surface area contributed by atoms with Crippen LogP contribution in [0.25, 0.3) is 5.69 Å². The third-order valence-electron chi connectivity index (χ3n) is 3.81. The third kappa shape index (κ3) is 4.08. The number of hydrogen-bond acceptors (Lipinski definition) is 2. The minimum Gasteiger partial charge on any atom is -0.321 e. The molecule has 0 aliphatic heterocycles. The predicted molar refractivity (Wildman–Crippen MR) is 92.7 cm³/mol. The van der Waals surface area contributed by atoms with Gasteiger partial charge in [0.25, 0.3) is 0 Å². The van der Waals surface area contributed by atoms with Crippen molar-refractivity contribution in [3.8, 4) is 5.69 Å². The molecule has 1 aromatic carbocycles. The highest BCUT2D eigenvalue weighted by atomic mass is 16.1. The fourth-order valence-electron chi connectivity index (χ4n) is 2.47. The second-order valence-electron chi connectivity index (χ2n) is 6.22. The number of nitrogens with zero attached hydrogens (tertiary/aromatic N) is 1. The number of benzene rings is 1. The highest BCUT2D eigenvalue weighted by Crippen LogP contribution is 2.13. The summed E-state index contributed by atoms with van der Waals surface area (Å²) in [6.07, 6.45) is 3.00. The van der Waals surface area contributed by atoms with Crippen LogP contribution in [0.4, 0.5) is 0 Å². The number of nitrogens with one attached hydrogen (secondary N) is 1. The molecule has 0 unspecified atom stereocenters. The summed E-state index contributed by atoms with van der Waals surface area (Å²) in [6, 6.07) is 10.2. The van der Waals surface area contributed by atoms with Gasteiger partial charge in [-0.25, -0.2) is 0 Å². The van der Waals surface area contributed by atoms with Crippen molar-refractivity contribution in [2.45, 2.75) is 40.7 Å². The lowest BCUT2D eigenvalue weighted by Gasteiger charge is -2.14. The number of hydrogen-bond donors (Lipinski definition) is 1. The van der Waals surface area contributed by atoms with Crippen LogP contribution in [0.3, 0.4) is 0 Å². The van der Waals surface area contributed by atoms with Crippen LogP contribution in [-0.2, 0) is 13.0 Å². The molecule has 0 radical (unpaired) electrons. The molecule has 2 aromatic rings. The normalized spacial score (nSPS) is 11.1. The van der Waals surface area contributed by atoms with Crippen LogP contribution in [0.2, 0.25) is 0 Å². The largest absolute Gasteiger partial charge is 0.321 e. The van der Waals surface area contributed by atoms with E-state index in [1.54, 1.807) is 6.07 Å². The Morgan fingerprint density at radius 2 is 1.86 bits per heavy atom. The molecule has 3 heteroatoms. The van der Waals surface area contributed by atoms with E-state index >= 15 is 0 Å². The molecule has 0 aliphatic carbocycles. The second kappa shape index (κ2) is 7.41. The van der Waals surface area contributed by atoms with Gasteiger partial charge in [0, 0.05) is 35.8 Å². The number of aromatic nitrogens is 1. The van der Waals surface area contributed by atoms with Crippen LogP contribution < -0.4 is 10.7 Å². The van der Waals surface area contributed by atoms with Crippen LogP contribution in [-0.4, -0.2) is 11.1 Å². The Morgan fingerprint density at radius 3 is 2.45 bits per heavy atom. The van der Waals surface area contributed by atoms with E-state index < -0.39 is 0 Å². The maximum atomic E-state index is 12.1. The number of aryl methyl sites for hydroxylation is 2. The molecular formula is C19H26N2O. The highest BCUT2D eigenvalue weighted by Gasteiger charge is 2.06. The maximum Gasteiger partial charge on any atom is 0.186 e. The summed E-state index contributed by atoms with van der Waals surface area (Å²) in [5.74, 6) is 0.578. The quantitative estimate of drug-likeness (QED) is 0.886. The van der Waals surface area contributed by atoms with Gasteiger partial charge < -0.3 is 9.88 Å². The van der Waals surface area contributed by atoms with Gasteiger partial charge in [0.2, 0.25) is 0 Å². The summed E-state index contributed by atoms with van der Waals surface area (Å²) in [6.45, 7) is 9.98. The van der Waals surface area contributed by atoms with Gasteiger partial charge in [-0.15, -0.1) is 0 Å². The van der Waals surface area contributed by atoms with Crippen LogP contribution in [0, 0.1) is 12.8 Å². The highest BCUT2D eigenvalue weighted by molar-refractivity contribution is 5.37. The average Bonchev–Trinajstić information content (AvgIpc) is 2.49. The summed E-state index contributed by atoms with van der Waals surface area (Å²) in [5, 5.41) is 3.35. The molecule has 118 valence electrons. The minimum absolute atomic E-state index is 0.107. The van der Waals surface area contributed by atoms with E-state index in [0.717, 1.165) is 29.9 Å². The lowest BCUT2D eigenvalue weighted by molar-refractivity contribution is 0.550. The summed E-state index contributed by atoms with van der Waals surface area (Å²) in [7, 11) is 0. The summed E-state index contributed by atoms with van der Waals surface area (Å²) < 4.78 is 2.09. The molecule has 1 N–H and O–H groups in total. The topological polar surface area (TPSA) is 34.0 Å². The zero-order valence-corrected chi connectivity index (χ0v) is 14.0.